The molecule has 1 aromatic rings. The van der Waals surface area contributed by atoms with Crippen LogP contribution >= 0.6 is 10.5 Å². The molecule has 0 saturated carbocycles. The van der Waals surface area contributed by atoms with Crippen molar-refractivity contribution < 1.29 is 4.55 Å². The molecular formula is C17H31NOS. The van der Waals surface area contributed by atoms with E-state index in [-0.39, 0.29) is 0 Å². The summed E-state index contributed by atoms with van der Waals surface area (Å²) in [7, 11) is -1.75. The van der Waals surface area contributed by atoms with Gasteiger partial charge in [0.15, 0.2) is 0 Å². The molecule has 20 heavy (non-hydrogen) atoms. The van der Waals surface area contributed by atoms with Crippen molar-refractivity contribution in [1.82, 2.24) is 4.31 Å². The van der Waals surface area contributed by atoms with E-state index in [0.717, 1.165) is 24.4 Å². The summed E-state index contributed by atoms with van der Waals surface area (Å²) in [6.07, 6.45) is 8.05. The second kappa shape index (κ2) is 8.71. The minimum absolute atomic E-state index is 1.04. The lowest BCUT2D eigenvalue weighted by Crippen LogP contribution is -2.32. The van der Waals surface area contributed by atoms with Crippen molar-refractivity contribution in [2.75, 3.05) is 19.3 Å². The number of nitrogens with zero attached hydrogens (tertiary/aromatic N) is 1. The number of hydrogen-bond acceptors (Lipinski definition) is 2. The molecule has 116 valence electrons. The zero-order valence-corrected chi connectivity index (χ0v) is 14.4. The molecule has 0 radical (unpaired) electrons. The van der Waals surface area contributed by atoms with Gasteiger partial charge in [-0.1, -0.05) is 56.2 Å². The van der Waals surface area contributed by atoms with Crippen LogP contribution in [0.15, 0.2) is 29.2 Å². The summed E-state index contributed by atoms with van der Waals surface area (Å²) in [6.45, 7) is 8.49. The van der Waals surface area contributed by atoms with Gasteiger partial charge in [0, 0.05) is 24.2 Å². The maximum Gasteiger partial charge on any atom is 0.0258 e. The number of aryl methyl sites for hydroxylation is 1. The van der Waals surface area contributed by atoms with E-state index in [1.807, 2.05) is 6.26 Å². The lowest BCUT2D eigenvalue weighted by atomic mass is 10.2. The molecule has 1 atom stereocenters. The van der Waals surface area contributed by atoms with E-state index >= 15 is 0 Å². The summed E-state index contributed by atoms with van der Waals surface area (Å²) in [6, 6.07) is 8.48. The molecular weight excluding hydrogens is 266 g/mol. The molecule has 1 fully saturated rings. The summed E-state index contributed by atoms with van der Waals surface area (Å²) in [5, 5.41) is 0. The van der Waals surface area contributed by atoms with Gasteiger partial charge in [-0.3, -0.25) is 0 Å². The Hall–Kier alpha value is -0.510. The van der Waals surface area contributed by atoms with Crippen molar-refractivity contribution in [3.8, 4) is 0 Å². The quantitative estimate of drug-likeness (QED) is 0.814. The van der Waals surface area contributed by atoms with Gasteiger partial charge in [0.05, 0.1) is 0 Å². The van der Waals surface area contributed by atoms with E-state index in [9.17, 15) is 4.55 Å². The lowest BCUT2D eigenvalue weighted by Gasteiger charge is -2.43. The second-order valence-electron chi connectivity index (χ2n) is 5.53. The van der Waals surface area contributed by atoms with E-state index in [4.69, 9.17) is 0 Å². The Morgan fingerprint density at radius 3 is 1.95 bits per heavy atom. The van der Waals surface area contributed by atoms with Gasteiger partial charge in [0.2, 0.25) is 0 Å². The predicted molar refractivity (Wildman–Crippen MR) is 91.6 cm³/mol. The topological polar surface area (TPSA) is 23.5 Å². The van der Waals surface area contributed by atoms with Gasteiger partial charge in [-0.2, -0.15) is 0 Å². The Labute approximate surface area is 126 Å². The lowest BCUT2D eigenvalue weighted by molar-refractivity contribution is 0.347. The first kappa shape index (κ1) is 17.5. The van der Waals surface area contributed by atoms with Crippen LogP contribution in [0.5, 0.6) is 0 Å². The number of benzene rings is 1. The summed E-state index contributed by atoms with van der Waals surface area (Å²) < 4.78 is 13.1. The van der Waals surface area contributed by atoms with Crippen LogP contribution < -0.4 is 0 Å². The second-order valence-corrected chi connectivity index (χ2v) is 8.18. The average molecular weight is 298 g/mol. The molecule has 1 heterocycles. The Morgan fingerprint density at radius 1 is 1.00 bits per heavy atom. The fourth-order valence-corrected chi connectivity index (χ4v) is 4.27. The normalized spacial score (nSPS) is 20.4. The Balaban J connectivity index is 0.000000612. The third kappa shape index (κ3) is 4.80. The molecule has 1 saturated heterocycles. The van der Waals surface area contributed by atoms with E-state index in [1.165, 1.54) is 31.2 Å². The number of piperidine rings is 1. The third-order valence-corrected chi connectivity index (χ3v) is 6.13. The highest BCUT2D eigenvalue weighted by atomic mass is 32.3. The van der Waals surface area contributed by atoms with Gasteiger partial charge in [-0.15, -0.1) is 0 Å². The summed E-state index contributed by atoms with van der Waals surface area (Å²) >= 11 is 0. The Kier molecular flexibility index (Phi) is 7.63. The number of rotatable bonds is 3. The number of hydrogen-bond donors (Lipinski definition) is 1. The van der Waals surface area contributed by atoms with Crippen molar-refractivity contribution in [1.29, 1.82) is 0 Å². The van der Waals surface area contributed by atoms with Crippen molar-refractivity contribution in [3.05, 3.63) is 29.8 Å². The molecule has 3 heteroatoms. The Morgan fingerprint density at radius 2 is 1.50 bits per heavy atom. The summed E-state index contributed by atoms with van der Waals surface area (Å²) in [5.41, 5.74) is 1.34. The molecule has 1 aliphatic rings. The molecule has 1 unspecified atom stereocenters. The zero-order chi connectivity index (χ0) is 15.0. The summed E-state index contributed by atoms with van der Waals surface area (Å²) in [4.78, 5) is 1.09. The SMILES string of the molecule is CCC.CCc1ccc(S(C)(O)N2CCCCC2)cc1. The van der Waals surface area contributed by atoms with Gasteiger partial charge in [0.25, 0.3) is 0 Å². The van der Waals surface area contributed by atoms with Crippen LogP contribution in [0, 0.1) is 0 Å². The highest BCUT2D eigenvalue weighted by molar-refractivity contribution is 8.26. The molecule has 1 aromatic carbocycles. The molecule has 2 nitrogen and oxygen atoms in total. The molecule has 0 aliphatic carbocycles. The van der Waals surface area contributed by atoms with Crippen molar-refractivity contribution in [3.63, 3.8) is 0 Å². The fourth-order valence-electron chi connectivity index (χ4n) is 2.35. The molecule has 0 aromatic heterocycles. The third-order valence-electron chi connectivity index (χ3n) is 3.60. The Bertz CT molecular complexity index is 369. The van der Waals surface area contributed by atoms with E-state index in [0.29, 0.717) is 0 Å². The van der Waals surface area contributed by atoms with Crippen molar-refractivity contribution >= 4 is 10.5 Å². The standard InChI is InChI=1S/C14H23NOS.C3H8/c1-3-13-7-9-14(10-8-13)17(2,16)15-11-5-4-6-12-15;1-3-2/h7-10,16H,3-6,11-12H2,1-2H3;3H2,1-2H3. The van der Waals surface area contributed by atoms with E-state index < -0.39 is 10.5 Å². The van der Waals surface area contributed by atoms with Crippen LogP contribution in [-0.4, -0.2) is 28.2 Å². The molecule has 0 bridgehead atoms. The first-order valence-corrected chi connectivity index (χ1v) is 9.86. The van der Waals surface area contributed by atoms with Crippen LogP contribution in [0.3, 0.4) is 0 Å². The van der Waals surface area contributed by atoms with E-state index in [2.05, 4.69) is 49.3 Å². The van der Waals surface area contributed by atoms with Gasteiger partial charge in [0.1, 0.15) is 0 Å². The maximum absolute atomic E-state index is 10.8. The molecule has 1 aliphatic heterocycles. The minimum Gasteiger partial charge on any atom is -0.334 e. The van der Waals surface area contributed by atoms with Crippen LogP contribution in [0.4, 0.5) is 0 Å². The van der Waals surface area contributed by atoms with Crippen LogP contribution in [0.1, 0.15) is 52.0 Å². The maximum atomic E-state index is 10.8. The van der Waals surface area contributed by atoms with Crippen LogP contribution in [0.25, 0.3) is 0 Å². The first-order chi connectivity index (χ1) is 9.56. The largest absolute Gasteiger partial charge is 0.334 e. The average Bonchev–Trinajstić information content (AvgIpc) is 2.49. The zero-order valence-electron chi connectivity index (χ0n) is 13.6. The van der Waals surface area contributed by atoms with Gasteiger partial charge >= 0.3 is 0 Å². The highest BCUT2D eigenvalue weighted by Gasteiger charge is 2.27. The molecule has 0 spiro atoms. The highest BCUT2D eigenvalue weighted by Crippen LogP contribution is 2.52. The van der Waals surface area contributed by atoms with Crippen molar-refractivity contribution in [2.24, 2.45) is 0 Å². The first-order valence-electron chi connectivity index (χ1n) is 7.91. The van der Waals surface area contributed by atoms with Crippen molar-refractivity contribution in [2.45, 2.75) is 57.8 Å². The summed E-state index contributed by atoms with van der Waals surface area (Å²) in [5.74, 6) is 0. The molecule has 2 rings (SSSR count). The molecule has 0 amide bonds. The van der Waals surface area contributed by atoms with E-state index in [1.54, 1.807) is 0 Å². The van der Waals surface area contributed by atoms with Gasteiger partial charge in [-0.05, 0) is 37.0 Å². The smallest absolute Gasteiger partial charge is 0.0258 e. The van der Waals surface area contributed by atoms with Crippen LogP contribution in [-0.2, 0) is 6.42 Å². The van der Waals surface area contributed by atoms with Gasteiger partial charge in [-0.25, -0.2) is 4.31 Å². The predicted octanol–water partition coefficient (Wildman–Crippen LogP) is 5.33. The van der Waals surface area contributed by atoms with Gasteiger partial charge < -0.3 is 4.55 Å². The van der Waals surface area contributed by atoms with Crippen LogP contribution in [0.2, 0.25) is 0 Å². The molecule has 1 N–H and O–H groups in total. The monoisotopic (exact) mass is 297 g/mol. The fraction of sp³-hybridized carbons (Fsp3) is 0.647. The minimum atomic E-state index is -1.75.